The molecule has 0 saturated carbocycles. The normalized spacial score (nSPS) is 16.2. The summed E-state index contributed by atoms with van der Waals surface area (Å²) in [6, 6.07) is 0.286. The first-order valence-electron chi connectivity index (χ1n) is 5.37. The van der Waals surface area contributed by atoms with Crippen LogP contribution in [0.1, 0.15) is 40.5 Å². The molecule has 2 atom stereocenters. The monoisotopic (exact) mass is 187 g/mol. The highest BCUT2D eigenvalue weighted by Gasteiger charge is 2.06. The van der Waals surface area contributed by atoms with Crippen molar-refractivity contribution in [1.29, 1.82) is 0 Å². The quantitative estimate of drug-likeness (QED) is 0.621. The molecule has 0 aliphatic rings. The van der Waals surface area contributed by atoms with Crippen molar-refractivity contribution in [3.8, 4) is 0 Å². The molecule has 2 heteroatoms. The summed E-state index contributed by atoms with van der Waals surface area (Å²) < 4.78 is 5.51. The molecular formula is C11H25NO. The van der Waals surface area contributed by atoms with Crippen molar-refractivity contribution in [3.63, 3.8) is 0 Å². The predicted molar refractivity (Wildman–Crippen MR) is 57.7 cm³/mol. The maximum Gasteiger partial charge on any atom is 0.0469 e. The molecule has 0 aromatic carbocycles. The molecule has 0 heterocycles. The van der Waals surface area contributed by atoms with Gasteiger partial charge >= 0.3 is 0 Å². The lowest BCUT2D eigenvalue weighted by Crippen LogP contribution is -2.25. The molecule has 2 unspecified atom stereocenters. The summed E-state index contributed by atoms with van der Waals surface area (Å²) in [5.74, 6) is 1.31. The Morgan fingerprint density at radius 1 is 1.00 bits per heavy atom. The summed E-state index contributed by atoms with van der Waals surface area (Å²) in [6.45, 7) is 10.4. The Labute approximate surface area is 82.8 Å². The maximum absolute atomic E-state index is 5.74. The van der Waals surface area contributed by atoms with Crippen LogP contribution in [0, 0.1) is 11.8 Å². The lowest BCUT2D eigenvalue weighted by atomic mass is 10.0. The van der Waals surface area contributed by atoms with Crippen molar-refractivity contribution in [3.05, 3.63) is 0 Å². The molecule has 2 nitrogen and oxygen atoms in total. The number of ether oxygens (including phenoxy) is 1. The Morgan fingerprint density at radius 2 is 1.54 bits per heavy atom. The molecule has 0 rings (SSSR count). The third-order valence-corrected chi connectivity index (χ3v) is 2.45. The highest BCUT2D eigenvalue weighted by atomic mass is 16.5. The van der Waals surface area contributed by atoms with Crippen molar-refractivity contribution >= 4 is 0 Å². The Bertz CT molecular complexity index is 113. The summed E-state index contributed by atoms with van der Waals surface area (Å²) in [5.41, 5.74) is 5.74. The molecule has 0 bridgehead atoms. The van der Waals surface area contributed by atoms with Crippen LogP contribution in [0.5, 0.6) is 0 Å². The summed E-state index contributed by atoms with van der Waals surface area (Å²) in [7, 11) is 0. The number of rotatable bonds is 7. The molecule has 0 amide bonds. The Morgan fingerprint density at radius 3 is 2.00 bits per heavy atom. The van der Waals surface area contributed by atoms with E-state index in [0.717, 1.165) is 32.0 Å². The van der Waals surface area contributed by atoms with Gasteiger partial charge in [0.05, 0.1) is 0 Å². The van der Waals surface area contributed by atoms with Crippen LogP contribution < -0.4 is 5.73 Å². The molecule has 80 valence electrons. The molecule has 0 radical (unpaired) electrons. The van der Waals surface area contributed by atoms with E-state index in [4.69, 9.17) is 10.5 Å². The van der Waals surface area contributed by atoms with Gasteiger partial charge in [-0.25, -0.2) is 0 Å². The summed E-state index contributed by atoms with van der Waals surface area (Å²) in [6.07, 6.45) is 2.24. The molecule has 0 fully saturated rings. The largest absolute Gasteiger partial charge is 0.381 e. The van der Waals surface area contributed by atoms with Crippen LogP contribution in [-0.4, -0.2) is 19.3 Å². The van der Waals surface area contributed by atoms with Gasteiger partial charge in [-0.15, -0.1) is 0 Å². The number of nitrogens with two attached hydrogens (primary N) is 1. The van der Waals surface area contributed by atoms with Gasteiger partial charge in [0.2, 0.25) is 0 Å². The topological polar surface area (TPSA) is 35.2 Å². The molecule has 2 N–H and O–H groups in total. The lowest BCUT2D eigenvalue weighted by molar-refractivity contribution is 0.110. The molecule has 0 aliphatic carbocycles. The zero-order valence-electron chi connectivity index (χ0n) is 9.55. The highest BCUT2D eigenvalue weighted by Crippen LogP contribution is 2.06. The molecule has 0 saturated heterocycles. The van der Waals surface area contributed by atoms with Gasteiger partial charge in [0.15, 0.2) is 0 Å². The van der Waals surface area contributed by atoms with E-state index in [1.54, 1.807) is 0 Å². The third kappa shape index (κ3) is 8.26. The summed E-state index contributed by atoms with van der Waals surface area (Å²) in [4.78, 5) is 0. The van der Waals surface area contributed by atoms with E-state index in [2.05, 4.69) is 27.7 Å². The van der Waals surface area contributed by atoms with Crippen LogP contribution in [0.4, 0.5) is 0 Å². The van der Waals surface area contributed by atoms with Gasteiger partial charge in [-0.3, -0.25) is 0 Å². The zero-order valence-corrected chi connectivity index (χ0v) is 9.55. The van der Waals surface area contributed by atoms with E-state index in [9.17, 15) is 0 Å². The fourth-order valence-electron chi connectivity index (χ4n) is 0.953. The van der Waals surface area contributed by atoms with Crippen LogP contribution in [0.2, 0.25) is 0 Å². The van der Waals surface area contributed by atoms with Crippen molar-refractivity contribution in [1.82, 2.24) is 0 Å². The standard InChI is InChI=1S/C11H25NO/c1-9(2)5-7-13-8-6-10(3)11(4)12/h9-11H,5-8,12H2,1-4H3. The second kappa shape index (κ2) is 7.34. The fraction of sp³-hybridized carbons (Fsp3) is 1.00. The Balaban J connectivity index is 3.16. The predicted octanol–water partition coefficient (Wildman–Crippen LogP) is 2.42. The van der Waals surface area contributed by atoms with Gasteiger partial charge in [0, 0.05) is 19.3 Å². The summed E-state index contributed by atoms with van der Waals surface area (Å²) in [5, 5.41) is 0. The molecule has 0 aromatic heterocycles. The lowest BCUT2D eigenvalue weighted by Gasteiger charge is -2.15. The van der Waals surface area contributed by atoms with Crippen LogP contribution in [0.3, 0.4) is 0 Å². The molecule has 0 aromatic rings. The van der Waals surface area contributed by atoms with Gasteiger partial charge in [-0.05, 0) is 31.6 Å². The van der Waals surface area contributed by atoms with Crippen LogP contribution in [-0.2, 0) is 4.74 Å². The smallest absolute Gasteiger partial charge is 0.0469 e. The molecule has 13 heavy (non-hydrogen) atoms. The summed E-state index contributed by atoms with van der Waals surface area (Å²) >= 11 is 0. The highest BCUT2D eigenvalue weighted by molar-refractivity contribution is 4.62. The van der Waals surface area contributed by atoms with E-state index in [-0.39, 0.29) is 6.04 Å². The third-order valence-electron chi connectivity index (χ3n) is 2.45. The van der Waals surface area contributed by atoms with Crippen molar-refractivity contribution in [2.75, 3.05) is 13.2 Å². The molecule has 0 spiro atoms. The van der Waals surface area contributed by atoms with Crippen molar-refractivity contribution < 1.29 is 4.74 Å². The SMILES string of the molecule is CC(C)CCOCCC(C)C(C)N. The second-order valence-electron chi connectivity index (χ2n) is 4.42. The maximum atomic E-state index is 5.74. The first-order chi connectivity index (χ1) is 6.04. The van der Waals surface area contributed by atoms with Gasteiger partial charge in [0.1, 0.15) is 0 Å². The van der Waals surface area contributed by atoms with E-state index < -0.39 is 0 Å². The average Bonchev–Trinajstić information content (AvgIpc) is 2.02. The van der Waals surface area contributed by atoms with E-state index in [0.29, 0.717) is 5.92 Å². The second-order valence-corrected chi connectivity index (χ2v) is 4.42. The van der Waals surface area contributed by atoms with E-state index in [1.165, 1.54) is 0 Å². The van der Waals surface area contributed by atoms with Gasteiger partial charge in [-0.2, -0.15) is 0 Å². The van der Waals surface area contributed by atoms with Gasteiger partial charge < -0.3 is 10.5 Å². The zero-order chi connectivity index (χ0) is 10.3. The van der Waals surface area contributed by atoms with E-state index >= 15 is 0 Å². The van der Waals surface area contributed by atoms with Crippen LogP contribution in [0.25, 0.3) is 0 Å². The van der Waals surface area contributed by atoms with Crippen LogP contribution in [0.15, 0.2) is 0 Å². The van der Waals surface area contributed by atoms with Gasteiger partial charge in [-0.1, -0.05) is 20.8 Å². The fourth-order valence-corrected chi connectivity index (χ4v) is 0.953. The average molecular weight is 187 g/mol. The number of hydrogen-bond donors (Lipinski definition) is 1. The molecule has 0 aliphatic heterocycles. The van der Waals surface area contributed by atoms with Crippen LogP contribution >= 0.6 is 0 Å². The minimum Gasteiger partial charge on any atom is -0.381 e. The van der Waals surface area contributed by atoms with E-state index in [1.807, 2.05) is 0 Å². The molecular weight excluding hydrogens is 162 g/mol. The van der Waals surface area contributed by atoms with Gasteiger partial charge in [0.25, 0.3) is 0 Å². The Hall–Kier alpha value is -0.0800. The van der Waals surface area contributed by atoms with Crippen molar-refractivity contribution in [2.24, 2.45) is 17.6 Å². The first kappa shape index (κ1) is 12.9. The Kier molecular flexibility index (Phi) is 7.29. The first-order valence-corrected chi connectivity index (χ1v) is 5.37. The number of hydrogen-bond acceptors (Lipinski definition) is 2. The minimum atomic E-state index is 0.286. The minimum absolute atomic E-state index is 0.286. The van der Waals surface area contributed by atoms with Crippen molar-refractivity contribution in [2.45, 2.75) is 46.6 Å².